The fraction of sp³-hybridized carbons (Fsp3) is 0.500. The van der Waals surface area contributed by atoms with Crippen LogP contribution < -0.4 is 5.73 Å². The summed E-state index contributed by atoms with van der Waals surface area (Å²) in [5.41, 5.74) is 7.49. The first kappa shape index (κ1) is 13.0. The Hall–Kier alpha value is -0.990. The molecule has 1 aliphatic carbocycles. The molecule has 2 nitrogen and oxygen atoms in total. The molecule has 3 rings (SSSR count). The Kier molecular flexibility index (Phi) is 3.32. The standard InChI is InChI=1S/C16H20ClNO/c1-2-16(8-3-4-9-16)15(18)13-10-11-6-5-7-12(17)14(11)19-13/h5-7,10,15H,2-4,8-9,18H2,1H3. The van der Waals surface area contributed by atoms with Crippen molar-refractivity contribution >= 4 is 22.6 Å². The van der Waals surface area contributed by atoms with E-state index in [-0.39, 0.29) is 11.5 Å². The summed E-state index contributed by atoms with van der Waals surface area (Å²) in [4.78, 5) is 0. The van der Waals surface area contributed by atoms with Crippen LogP contribution in [0.15, 0.2) is 28.7 Å². The molecule has 2 N–H and O–H groups in total. The van der Waals surface area contributed by atoms with Crippen LogP contribution in [0, 0.1) is 5.41 Å². The average Bonchev–Trinajstić information content (AvgIpc) is 3.06. The Labute approximate surface area is 118 Å². The average molecular weight is 278 g/mol. The smallest absolute Gasteiger partial charge is 0.152 e. The van der Waals surface area contributed by atoms with Crippen molar-refractivity contribution in [2.75, 3.05) is 0 Å². The van der Waals surface area contributed by atoms with Crippen molar-refractivity contribution in [2.45, 2.75) is 45.1 Å². The van der Waals surface area contributed by atoms with Crippen molar-refractivity contribution in [1.29, 1.82) is 0 Å². The lowest BCUT2D eigenvalue weighted by atomic mass is 9.75. The molecule has 19 heavy (non-hydrogen) atoms. The van der Waals surface area contributed by atoms with Crippen LogP contribution in [0.2, 0.25) is 5.02 Å². The highest BCUT2D eigenvalue weighted by molar-refractivity contribution is 6.34. The third kappa shape index (κ3) is 2.07. The highest BCUT2D eigenvalue weighted by Crippen LogP contribution is 2.49. The van der Waals surface area contributed by atoms with Crippen LogP contribution in [0.3, 0.4) is 0 Å². The Morgan fingerprint density at radius 1 is 1.37 bits per heavy atom. The number of fused-ring (bicyclic) bond motifs is 1. The van der Waals surface area contributed by atoms with Gasteiger partial charge in [-0.25, -0.2) is 0 Å². The van der Waals surface area contributed by atoms with Gasteiger partial charge in [0.1, 0.15) is 5.76 Å². The van der Waals surface area contributed by atoms with Crippen molar-refractivity contribution in [2.24, 2.45) is 11.1 Å². The molecule has 0 aliphatic heterocycles. The maximum absolute atomic E-state index is 6.52. The first-order valence-corrected chi connectivity index (χ1v) is 7.48. The van der Waals surface area contributed by atoms with Gasteiger partial charge in [-0.05, 0) is 36.8 Å². The number of furan rings is 1. The lowest BCUT2D eigenvalue weighted by Crippen LogP contribution is -2.31. The summed E-state index contributed by atoms with van der Waals surface area (Å²) in [5, 5.41) is 1.70. The van der Waals surface area contributed by atoms with Crippen LogP contribution in [0.1, 0.15) is 50.8 Å². The van der Waals surface area contributed by atoms with Gasteiger partial charge in [0, 0.05) is 5.39 Å². The molecule has 0 spiro atoms. The summed E-state index contributed by atoms with van der Waals surface area (Å²) in [6.07, 6.45) is 6.08. The first-order chi connectivity index (χ1) is 9.16. The first-order valence-electron chi connectivity index (χ1n) is 7.10. The summed E-state index contributed by atoms with van der Waals surface area (Å²) in [5.74, 6) is 0.881. The molecular formula is C16H20ClNO. The molecule has 3 heteroatoms. The lowest BCUT2D eigenvalue weighted by Gasteiger charge is -2.32. The topological polar surface area (TPSA) is 39.2 Å². The van der Waals surface area contributed by atoms with Gasteiger partial charge in [0.25, 0.3) is 0 Å². The van der Waals surface area contributed by atoms with E-state index >= 15 is 0 Å². The molecule has 102 valence electrons. The normalized spacial score (nSPS) is 19.9. The minimum absolute atomic E-state index is 0.0246. The van der Waals surface area contributed by atoms with Crippen LogP contribution >= 0.6 is 11.6 Å². The third-order valence-corrected chi connectivity index (χ3v) is 5.08. The van der Waals surface area contributed by atoms with Gasteiger partial charge in [-0.1, -0.05) is 43.5 Å². The van der Waals surface area contributed by atoms with Gasteiger partial charge in [0.05, 0.1) is 11.1 Å². The van der Waals surface area contributed by atoms with Crippen molar-refractivity contribution < 1.29 is 4.42 Å². The molecule has 0 bridgehead atoms. The highest BCUT2D eigenvalue weighted by Gasteiger charge is 2.40. The van der Waals surface area contributed by atoms with Crippen molar-refractivity contribution in [3.63, 3.8) is 0 Å². The molecule has 1 saturated carbocycles. The molecule has 1 heterocycles. The molecule has 1 aromatic carbocycles. The van der Waals surface area contributed by atoms with E-state index in [1.165, 1.54) is 25.7 Å². The summed E-state index contributed by atoms with van der Waals surface area (Å²) in [6, 6.07) is 7.85. The summed E-state index contributed by atoms with van der Waals surface area (Å²) in [7, 11) is 0. The Morgan fingerprint density at radius 2 is 2.11 bits per heavy atom. The van der Waals surface area contributed by atoms with E-state index in [0.29, 0.717) is 5.02 Å². The monoisotopic (exact) mass is 277 g/mol. The van der Waals surface area contributed by atoms with Gasteiger partial charge in [-0.2, -0.15) is 0 Å². The van der Waals surface area contributed by atoms with E-state index < -0.39 is 0 Å². The fourth-order valence-electron chi connectivity index (χ4n) is 3.47. The van der Waals surface area contributed by atoms with E-state index in [1.807, 2.05) is 18.2 Å². The molecule has 1 aliphatic rings. The van der Waals surface area contributed by atoms with Gasteiger partial charge in [-0.3, -0.25) is 0 Å². The summed E-state index contributed by atoms with van der Waals surface area (Å²) >= 11 is 6.17. The largest absolute Gasteiger partial charge is 0.458 e. The Balaban J connectivity index is 2.01. The molecule has 0 radical (unpaired) electrons. The molecule has 1 unspecified atom stereocenters. The summed E-state index contributed by atoms with van der Waals surface area (Å²) < 4.78 is 5.94. The number of hydrogen-bond donors (Lipinski definition) is 1. The Morgan fingerprint density at radius 3 is 2.74 bits per heavy atom. The van der Waals surface area contributed by atoms with Gasteiger partial charge in [0.15, 0.2) is 5.58 Å². The van der Waals surface area contributed by atoms with Crippen molar-refractivity contribution in [3.05, 3.63) is 35.0 Å². The van der Waals surface area contributed by atoms with Gasteiger partial charge in [-0.15, -0.1) is 0 Å². The Bertz CT molecular complexity index is 583. The molecule has 0 amide bonds. The van der Waals surface area contributed by atoms with Gasteiger partial charge in [0.2, 0.25) is 0 Å². The third-order valence-electron chi connectivity index (χ3n) is 4.78. The SMILES string of the molecule is CCC1(C(N)c2cc3cccc(Cl)c3o2)CCCC1. The number of halogens is 1. The number of benzene rings is 1. The molecule has 0 saturated heterocycles. The highest BCUT2D eigenvalue weighted by atomic mass is 35.5. The fourth-order valence-corrected chi connectivity index (χ4v) is 3.69. The number of nitrogens with two attached hydrogens (primary N) is 1. The second-order valence-electron chi connectivity index (χ2n) is 5.71. The molecule has 1 fully saturated rings. The van der Waals surface area contributed by atoms with E-state index in [9.17, 15) is 0 Å². The second kappa shape index (κ2) is 4.84. The van der Waals surface area contributed by atoms with Crippen LogP contribution in [-0.2, 0) is 0 Å². The zero-order valence-electron chi connectivity index (χ0n) is 11.3. The predicted octanol–water partition coefficient (Wildman–Crippen LogP) is 5.06. The van der Waals surface area contributed by atoms with Crippen molar-refractivity contribution in [1.82, 2.24) is 0 Å². The van der Waals surface area contributed by atoms with Crippen molar-refractivity contribution in [3.8, 4) is 0 Å². The van der Waals surface area contributed by atoms with Gasteiger partial charge >= 0.3 is 0 Å². The van der Waals surface area contributed by atoms with E-state index in [4.69, 9.17) is 21.8 Å². The molecule has 1 aromatic heterocycles. The van der Waals surface area contributed by atoms with Crippen LogP contribution in [0.5, 0.6) is 0 Å². The number of para-hydroxylation sites is 1. The second-order valence-corrected chi connectivity index (χ2v) is 6.11. The maximum Gasteiger partial charge on any atom is 0.152 e. The maximum atomic E-state index is 6.52. The predicted molar refractivity (Wildman–Crippen MR) is 79.3 cm³/mol. The zero-order valence-corrected chi connectivity index (χ0v) is 12.0. The van der Waals surface area contributed by atoms with Gasteiger partial charge < -0.3 is 10.2 Å². The van der Waals surface area contributed by atoms with Crippen LogP contribution in [0.25, 0.3) is 11.0 Å². The van der Waals surface area contributed by atoms with E-state index in [2.05, 4.69) is 13.0 Å². The molecule has 2 aromatic rings. The minimum atomic E-state index is -0.0246. The molecule has 1 atom stereocenters. The number of rotatable bonds is 3. The zero-order chi connectivity index (χ0) is 13.5. The molecular weight excluding hydrogens is 258 g/mol. The van der Waals surface area contributed by atoms with Crippen LogP contribution in [-0.4, -0.2) is 0 Å². The van der Waals surface area contributed by atoms with E-state index in [1.54, 1.807) is 0 Å². The summed E-state index contributed by atoms with van der Waals surface area (Å²) in [6.45, 7) is 2.24. The van der Waals surface area contributed by atoms with E-state index in [0.717, 1.165) is 23.2 Å². The lowest BCUT2D eigenvalue weighted by molar-refractivity contribution is 0.202. The minimum Gasteiger partial charge on any atom is -0.458 e. The van der Waals surface area contributed by atoms with Crippen LogP contribution in [0.4, 0.5) is 0 Å². The quantitative estimate of drug-likeness (QED) is 0.852. The number of hydrogen-bond acceptors (Lipinski definition) is 2.